The van der Waals surface area contributed by atoms with Crippen LogP contribution in [-0.2, 0) is 6.42 Å². The molecule has 6 nitrogen and oxygen atoms in total. The quantitative estimate of drug-likeness (QED) is 0.791. The van der Waals surface area contributed by atoms with Gasteiger partial charge in [-0.25, -0.2) is 5.43 Å². The molecule has 0 saturated heterocycles. The number of nitrogens with one attached hydrogen (secondary N) is 2. The van der Waals surface area contributed by atoms with E-state index in [9.17, 15) is 9.59 Å². The first kappa shape index (κ1) is 19.9. The topological polar surface area (TPSA) is 83.7 Å². The molecule has 3 rings (SSSR count). The van der Waals surface area contributed by atoms with Crippen LogP contribution >= 0.6 is 0 Å². The molecule has 2 amide bonds. The second-order valence-electron chi connectivity index (χ2n) is 8.28. The molecule has 6 heteroatoms. The summed E-state index contributed by atoms with van der Waals surface area (Å²) in [5.41, 5.74) is 6.23. The van der Waals surface area contributed by atoms with Crippen molar-refractivity contribution < 1.29 is 14.0 Å². The fourth-order valence-electron chi connectivity index (χ4n) is 3.36. The summed E-state index contributed by atoms with van der Waals surface area (Å²) in [4.78, 5) is 25.0. The Morgan fingerprint density at radius 3 is 2.54 bits per heavy atom. The normalized spacial score (nSPS) is 15.2. The van der Waals surface area contributed by atoms with Crippen molar-refractivity contribution in [3.05, 3.63) is 58.0 Å². The number of amides is 2. The molecule has 1 aliphatic carbocycles. The van der Waals surface area contributed by atoms with Crippen molar-refractivity contribution in [2.24, 2.45) is 5.10 Å². The lowest BCUT2D eigenvalue weighted by Crippen LogP contribution is -2.40. The van der Waals surface area contributed by atoms with E-state index >= 15 is 0 Å². The van der Waals surface area contributed by atoms with Crippen molar-refractivity contribution >= 4 is 17.5 Å². The number of rotatable bonds is 3. The van der Waals surface area contributed by atoms with E-state index in [0.29, 0.717) is 11.3 Å². The van der Waals surface area contributed by atoms with Crippen molar-refractivity contribution in [2.75, 3.05) is 0 Å². The Bertz CT molecular complexity index is 948. The van der Waals surface area contributed by atoms with Gasteiger partial charge in [-0.3, -0.25) is 9.59 Å². The lowest BCUT2D eigenvalue weighted by atomic mass is 9.93. The first-order chi connectivity index (χ1) is 13.2. The number of benzene rings is 1. The molecule has 0 unspecified atom stereocenters. The number of fused-ring (bicyclic) bond motifs is 1. The van der Waals surface area contributed by atoms with Crippen LogP contribution in [0.1, 0.15) is 77.0 Å². The van der Waals surface area contributed by atoms with Crippen molar-refractivity contribution in [1.82, 2.24) is 10.7 Å². The molecule has 28 heavy (non-hydrogen) atoms. The zero-order valence-electron chi connectivity index (χ0n) is 17.1. The van der Waals surface area contributed by atoms with E-state index in [1.807, 2.05) is 52.8 Å². The van der Waals surface area contributed by atoms with Gasteiger partial charge >= 0.3 is 0 Å². The Kier molecular flexibility index (Phi) is 5.40. The number of hydrazone groups is 1. The van der Waals surface area contributed by atoms with Gasteiger partial charge in [-0.2, -0.15) is 5.10 Å². The van der Waals surface area contributed by atoms with E-state index in [4.69, 9.17) is 4.42 Å². The summed E-state index contributed by atoms with van der Waals surface area (Å²) in [5, 5.41) is 7.30. The maximum Gasteiger partial charge on any atom is 0.287 e. The molecule has 0 spiro atoms. The minimum absolute atomic E-state index is 0.234. The highest BCUT2D eigenvalue weighted by atomic mass is 16.4. The zero-order chi connectivity index (χ0) is 20.5. The molecule has 0 bridgehead atoms. The van der Waals surface area contributed by atoms with Crippen molar-refractivity contribution in [1.29, 1.82) is 0 Å². The Balaban J connectivity index is 1.85. The van der Waals surface area contributed by atoms with Gasteiger partial charge in [0, 0.05) is 28.7 Å². The number of nitrogens with zero attached hydrogens (tertiary/aromatic N) is 1. The van der Waals surface area contributed by atoms with E-state index in [1.54, 1.807) is 6.07 Å². The lowest BCUT2D eigenvalue weighted by molar-refractivity contribution is 0.0887. The molecule has 148 valence electrons. The number of furan rings is 1. The summed E-state index contributed by atoms with van der Waals surface area (Å²) >= 11 is 0. The first-order valence-corrected chi connectivity index (χ1v) is 9.54. The molecule has 1 aliphatic rings. The minimum atomic E-state index is -0.352. The van der Waals surface area contributed by atoms with E-state index in [-0.39, 0.29) is 17.4 Å². The highest BCUT2D eigenvalue weighted by Gasteiger charge is 2.29. The van der Waals surface area contributed by atoms with Crippen LogP contribution in [0, 0.1) is 13.8 Å². The van der Waals surface area contributed by atoms with Crippen molar-refractivity contribution in [3.8, 4) is 0 Å². The minimum Gasteiger partial charge on any atom is -0.455 e. The van der Waals surface area contributed by atoms with Gasteiger partial charge in [-0.15, -0.1) is 0 Å². The third kappa shape index (κ3) is 4.32. The molecule has 1 aromatic carbocycles. The summed E-state index contributed by atoms with van der Waals surface area (Å²) in [6.45, 7) is 9.59. The molecule has 1 heterocycles. The second kappa shape index (κ2) is 7.62. The van der Waals surface area contributed by atoms with Crippen LogP contribution in [0.5, 0.6) is 0 Å². The molecule has 0 radical (unpaired) electrons. The Morgan fingerprint density at radius 2 is 1.86 bits per heavy atom. The first-order valence-electron chi connectivity index (χ1n) is 9.54. The largest absolute Gasteiger partial charge is 0.455 e. The third-order valence-electron chi connectivity index (χ3n) is 4.59. The SMILES string of the molecule is Cc1cccc(C(=O)N/N=C2\CCCc3oc(C(=O)NC(C)(C)C)c(C)c32)c1. The number of aryl methyl sites for hydroxylation is 2. The van der Waals surface area contributed by atoms with Gasteiger partial charge in [0.15, 0.2) is 5.76 Å². The molecule has 1 aromatic heterocycles. The fourth-order valence-corrected chi connectivity index (χ4v) is 3.36. The second-order valence-corrected chi connectivity index (χ2v) is 8.28. The van der Waals surface area contributed by atoms with Gasteiger partial charge in [0.25, 0.3) is 11.8 Å². The lowest BCUT2D eigenvalue weighted by Gasteiger charge is -2.19. The monoisotopic (exact) mass is 381 g/mol. The Morgan fingerprint density at radius 1 is 1.11 bits per heavy atom. The Labute approximate surface area is 165 Å². The van der Waals surface area contributed by atoms with Gasteiger partial charge in [0.1, 0.15) is 5.76 Å². The molecular weight excluding hydrogens is 354 g/mol. The number of carbonyl (C=O) groups excluding carboxylic acids is 2. The molecular formula is C22H27N3O3. The average Bonchev–Trinajstić information content (AvgIpc) is 2.96. The van der Waals surface area contributed by atoms with Crippen molar-refractivity contribution in [2.45, 2.75) is 59.4 Å². The van der Waals surface area contributed by atoms with Crippen LogP contribution in [0.25, 0.3) is 0 Å². The van der Waals surface area contributed by atoms with Gasteiger partial charge in [0.05, 0.1) is 5.71 Å². The number of hydrogen-bond acceptors (Lipinski definition) is 4. The summed E-state index contributed by atoms with van der Waals surface area (Å²) in [6.07, 6.45) is 2.34. The van der Waals surface area contributed by atoms with Gasteiger partial charge < -0.3 is 9.73 Å². The Hall–Kier alpha value is -2.89. The summed E-state index contributed by atoms with van der Waals surface area (Å²) in [5.74, 6) is 0.587. The van der Waals surface area contributed by atoms with Crippen LogP contribution in [0.15, 0.2) is 33.8 Å². The van der Waals surface area contributed by atoms with Crippen LogP contribution in [0.3, 0.4) is 0 Å². The third-order valence-corrected chi connectivity index (χ3v) is 4.59. The predicted molar refractivity (Wildman–Crippen MR) is 109 cm³/mol. The molecule has 0 saturated carbocycles. The highest BCUT2D eigenvalue weighted by Crippen LogP contribution is 2.30. The summed E-state index contributed by atoms with van der Waals surface area (Å²) < 4.78 is 5.88. The number of carbonyl (C=O) groups is 2. The number of hydrogen-bond donors (Lipinski definition) is 2. The van der Waals surface area contributed by atoms with E-state index < -0.39 is 0 Å². The molecule has 0 fully saturated rings. The maximum atomic E-state index is 12.6. The highest BCUT2D eigenvalue weighted by molar-refractivity contribution is 6.07. The molecule has 2 N–H and O–H groups in total. The van der Waals surface area contributed by atoms with Crippen LogP contribution in [0.2, 0.25) is 0 Å². The predicted octanol–water partition coefficient (Wildman–Crippen LogP) is 3.90. The smallest absolute Gasteiger partial charge is 0.287 e. The maximum absolute atomic E-state index is 12.6. The van der Waals surface area contributed by atoms with Gasteiger partial charge in [-0.1, -0.05) is 17.7 Å². The summed E-state index contributed by atoms with van der Waals surface area (Å²) in [6, 6.07) is 7.36. The van der Waals surface area contributed by atoms with Crippen LogP contribution in [-0.4, -0.2) is 23.1 Å². The molecule has 2 aromatic rings. The van der Waals surface area contributed by atoms with E-state index in [2.05, 4.69) is 15.8 Å². The fraction of sp³-hybridized carbons (Fsp3) is 0.409. The van der Waals surface area contributed by atoms with Gasteiger partial charge in [0.2, 0.25) is 0 Å². The molecule has 0 atom stereocenters. The van der Waals surface area contributed by atoms with Gasteiger partial charge in [-0.05, 0) is 59.6 Å². The summed E-state index contributed by atoms with van der Waals surface area (Å²) in [7, 11) is 0. The van der Waals surface area contributed by atoms with Crippen molar-refractivity contribution in [3.63, 3.8) is 0 Å². The van der Waals surface area contributed by atoms with Crippen LogP contribution < -0.4 is 10.7 Å². The van der Waals surface area contributed by atoms with E-state index in [1.165, 1.54) is 0 Å². The van der Waals surface area contributed by atoms with E-state index in [0.717, 1.165) is 47.4 Å². The standard InChI is InChI=1S/C22H27N3O3/c1-13-8-6-9-15(12-13)20(26)25-24-16-10-7-11-17-18(16)14(2)19(28-17)21(27)23-22(3,4)5/h6,8-9,12H,7,10-11H2,1-5H3,(H,23,27)(H,25,26)/b24-16+. The molecule has 0 aliphatic heterocycles. The van der Waals surface area contributed by atoms with Crippen LogP contribution in [0.4, 0.5) is 0 Å². The average molecular weight is 381 g/mol. The zero-order valence-corrected chi connectivity index (χ0v) is 17.1.